The predicted molar refractivity (Wildman–Crippen MR) is 163 cm³/mol. The Morgan fingerprint density at radius 1 is 1.07 bits per heavy atom. The maximum Gasteiger partial charge on any atom is 0.325 e. The van der Waals surface area contributed by atoms with Crippen molar-refractivity contribution >= 4 is 49.9 Å². The summed E-state index contributed by atoms with van der Waals surface area (Å²) < 4.78 is 15.6. The number of piperidine rings is 1. The van der Waals surface area contributed by atoms with E-state index in [0.29, 0.717) is 34.3 Å². The molecule has 2 aromatic carbocycles. The molecule has 0 bridgehead atoms. The number of benzene rings is 2. The van der Waals surface area contributed by atoms with Crippen molar-refractivity contribution in [2.45, 2.75) is 46.0 Å². The largest absolute Gasteiger partial charge is 0.506 e. The number of phenols is 1. The molecular weight excluding hydrogens is 539 g/mol. The van der Waals surface area contributed by atoms with Crippen LogP contribution in [0.5, 0.6) is 5.75 Å². The summed E-state index contributed by atoms with van der Waals surface area (Å²) in [6.07, 6.45) is 1.57. The molecular formula is C31H35FN6O2S. The molecule has 0 atom stereocenters. The van der Waals surface area contributed by atoms with Gasteiger partial charge in [-0.3, -0.25) is 5.32 Å². The van der Waals surface area contributed by atoms with Crippen molar-refractivity contribution in [2.24, 2.45) is 5.41 Å². The second-order valence-corrected chi connectivity index (χ2v) is 13.4. The van der Waals surface area contributed by atoms with Crippen LogP contribution in [0.15, 0.2) is 48.5 Å². The third kappa shape index (κ3) is 5.34. The molecule has 0 unspecified atom stereocenters. The predicted octanol–water partition coefficient (Wildman–Crippen LogP) is 7.02. The molecule has 8 nitrogen and oxygen atoms in total. The Morgan fingerprint density at radius 3 is 2.59 bits per heavy atom. The number of nitrogens with zero attached hydrogens (tertiary/aromatic N) is 4. The number of urea groups is 1. The molecule has 0 radical (unpaired) electrons. The average molecular weight is 575 g/mol. The van der Waals surface area contributed by atoms with Gasteiger partial charge in [-0.15, -0.1) is 0 Å². The fraction of sp³-hybridized carbons (Fsp3) is 0.387. The number of rotatable bonds is 4. The lowest BCUT2D eigenvalue weighted by atomic mass is 9.73. The van der Waals surface area contributed by atoms with Gasteiger partial charge in [-0.1, -0.05) is 44.2 Å². The second-order valence-electron chi connectivity index (χ2n) is 12.4. The van der Waals surface area contributed by atoms with Gasteiger partial charge in [-0.25, -0.2) is 19.2 Å². The minimum Gasteiger partial charge on any atom is -0.506 e. The van der Waals surface area contributed by atoms with Gasteiger partial charge < -0.3 is 20.2 Å². The molecule has 2 aliphatic heterocycles. The molecule has 1 fully saturated rings. The minimum atomic E-state index is -0.443. The molecule has 1 saturated heterocycles. The second kappa shape index (κ2) is 10.3. The number of nitrogens with one attached hydrogen (secondary N) is 2. The highest BCUT2D eigenvalue weighted by Gasteiger charge is 2.48. The third-order valence-corrected chi connectivity index (χ3v) is 8.82. The first-order valence-corrected chi connectivity index (χ1v) is 14.8. The standard InChI is InChI=1S/C31H35FN6O2S/c1-19-9-11-22-27(33-19)41-29(35-22)36-28(40)34-21-7-5-6-8-23(21)38-18-31(25-20(32)10-12-24(39)26(25)38)13-15-37(16-14-31)17-30(2,3)4/h5-12,39H,13-18H2,1-4H3,(H2,34,35,36,40). The zero-order valence-electron chi connectivity index (χ0n) is 23.8. The number of phenolic OH excluding ortho intramolecular Hbond substituents is 1. The fourth-order valence-electron chi connectivity index (χ4n) is 6.25. The van der Waals surface area contributed by atoms with Gasteiger partial charge in [0.15, 0.2) is 5.13 Å². The molecule has 214 valence electrons. The van der Waals surface area contributed by atoms with E-state index >= 15 is 4.39 Å². The van der Waals surface area contributed by atoms with Crippen LogP contribution in [0.25, 0.3) is 10.3 Å². The number of pyridine rings is 1. The molecule has 3 N–H and O–H groups in total. The van der Waals surface area contributed by atoms with Crippen LogP contribution in [0, 0.1) is 18.2 Å². The van der Waals surface area contributed by atoms with E-state index in [-0.39, 0.29) is 17.0 Å². The van der Waals surface area contributed by atoms with Crippen molar-refractivity contribution < 1.29 is 14.3 Å². The van der Waals surface area contributed by atoms with E-state index in [4.69, 9.17) is 0 Å². The van der Waals surface area contributed by atoms with Crippen LogP contribution in [0.1, 0.15) is 44.9 Å². The van der Waals surface area contributed by atoms with E-state index < -0.39 is 11.4 Å². The lowest BCUT2D eigenvalue weighted by molar-refractivity contribution is 0.124. The van der Waals surface area contributed by atoms with Crippen LogP contribution < -0.4 is 15.5 Å². The van der Waals surface area contributed by atoms with Crippen LogP contribution in [0.4, 0.5) is 31.4 Å². The summed E-state index contributed by atoms with van der Waals surface area (Å²) in [5.74, 6) is -0.264. The van der Waals surface area contributed by atoms with E-state index in [1.165, 1.54) is 23.5 Å². The molecule has 4 heterocycles. The molecule has 2 aromatic heterocycles. The number of fused-ring (bicyclic) bond motifs is 3. The van der Waals surface area contributed by atoms with Gasteiger partial charge in [-0.2, -0.15) is 0 Å². The molecule has 1 spiro atoms. The number of aromatic hydroxyl groups is 1. The van der Waals surface area contributed by atoms with Gasteiger partial charge in [-0.05, 0) is 74.7 Å². The van der Waals surface area contributed by atoms with Gasteiger partial charge in [0, 0.05) is 29.8 Å². The number of amides is 2. The molecule has 41 heavy (non-hydrogen) atoms. The minimum absolute atomic E-state index is 0.0342. The maximum atomic E-state index is 15.6. The van der Waals surface area contributed by atoms with Crippen molar-refractivity contribution in [1.82, 2.24) is 14.9 Å². The zero-order valence-corrected chi connectivity index (χ0v) is 24.6. The molecule has 0 saturated carbocycles. The average Bonchev–Trinajstić information content (AvgIpc) is 3.46. The number of hydrogen-bond acceptors (Lipinski definition) is 7. The summed E-state index contributed by atoms with van der Waals surface area (Å²) >= 11 is 1.31. The topological polar surface area (TPSA) is 93.6 Å². The lowest BCUT2D eigenvalue weighted by Gasteiger charge is -2.42. The van der Waals surface area contributed by atoms with Gasteiger partial charge >= 0.3 is 6.03 Å². The van der Waals surface area contributed by atoms with Crippen molar-refractivity contribution in [1.29, 1.82) is 0 Å². The van der Waals surface area contributed by atoms with Gasteiger partial charge in [0.25, 0.3) is 0 Å². The number of thiazole rings is 1. The Balaban J connectivity index is 1.28. The first-order valence-electron chi connectivity index (χ1n) is 13.9. The number of aryl methyl sites for hydroxylation is 1. The normalized spacial score (nSPS) is 16.8. The van der Waals surface area contributed by atoms with Crippen molar-refractivity contribution in [3.8, 4) is 5.75 Å². The van der Waals surface area contributed by atoms with Crippen LogP contribution in [-0.4, -0.2) is 52.2 Å². The van der Waals surface area contributed by atoms with E-state index in [0.717, 1.165) is 48.5 Å². The molecule has 0 aliphatic carbocycles. The van der Waals surface area contributed by atoms with Crippen molar-refractivity contribution in [3.63, 3.8) is 0 Å². The fourth-order valence-corrected chi connectivity index (χ4v) is 7.12. The summed E-state index contributed by atoms with van der Waals surface area (Å²) in [5.41, 5.74) is 3.65. The molecule has 2 amide bonds. The maximum absolute atomic E-state index is 15.6. The van der Waals surface area contributed by atoms with E-state index in [1.807, 2.05) is 48.2 Å². The summed E-state index contributed by atoms with van der Waals surface area (Å²) in [6.45, 7) is 11.8. The molecule has 6 rings (SSSR count). The van der Waals surface area contributed by atoms with Gasteiger partial charge in [0.1, 0.15) is 21.9 Å². The van der Waals surface area contributed by atoms with Crippen molar-refractivity contribution in [2.75, 3.05) is 41.7 Å². The molecule has 2 aliphatic rings. The number of halogens is 1. The number of likely N-dealkylation sites (tertiary alicyclic amines) is 1. The zero-order chi connectivity index (χ0) is 28.9. The SMILES string of the molecule is Cc1ccc2nc(NC(=O)Nc3ccccc3N3CC4(CCN(CC(C)(C)C)CC4)c4c(F)ccc(O)c43)sc2n1. The Kier molecular flexibility index (Phi) is 6.86. The van der Waals surface area contributed by atoms with Gasteiger partial charge in [0.05, 0.1) is 17.1 Å². The third-order valence-electron chi connectivity index (χ3n) is 7.94. The summed E-state index contributed by atoms with van der Waals surface area (Å²) in [7, 11) is 0. The smallest absolute Gasteiger partial charge is 0.325 e. The van der Waals surface area contributed by atoms with Crippen LogP contribution in [0.2, 0.25) is 0 Å². The first-order chi connectivity index (χ1) is 19.5. The Morgan fingerprint density at radius 2 is 1.83 bits per heavy atom. The number of hydrogen-bond donors (Lipinski definition) is 3. The molecule has 10 heteroatoms. The van der Waals surface area contributed by atoms with E-state index in [9.17, 15) is 9.90 Å². The number of aromatic nitrogens is 2. The highest BCUT2D eigenvalue weighted by Crippen LogP contribution is 2.55. The quantitative estimate of drug-likeness (QED) is 0.243. The first kappa shape index (κ1) is 27.4. The number of anilines is 4. The summed E-state index contributed by atoms with van der Waals surface area (Å²) in [5, 5.41) is 17.2. The Hall–Kier alpha value is -3.76. The van der Waals surface area contributed by atoms with E-state index in [2.05, 4.69) is 46.3 Å². The Bertz CT molecular complexity index is 1620. The van der Waals surface area contributed by atoms with Crippen LogP contribution in [-0.2, 0) is 5.41 Å². The van der Waals surface area contributed by atoms with Crippen molar-refractivity contribution in [3.05, 3.63) is 65.6 Å². The highest BCUT2D eigenvalue weighted by molar-refractivity contribution is 7.21. The van der Waals surface area contributed by atoms with E-state index in [1.54, 1.807) is 0 Å². The van der Waals surface area contributed by atoms with Gasteiger partial charge in [0.2, 0.25) is 0 Å². The highest BCUT2D eigenvalue weighted by atomic mass is 32.1. The Labute approximate surface area is 243 Å². The monoisotopic (exact) mass is 574 g/mol. The number of carbonyl (C=O) groups excluding carboxylic acids is 1. The summed E-state index contributed by atoms with van der Waals surface area (Å²) in [6, 6.07) is 13.5. The molecule has 4 aromatic rings. The number of para-hydroxylation sites is 2. The van der Waals surface area contributed by atoms with Crippen LogP contribution in [0.3, 0.4) is 0 Å². The van der Waals surface area contributed by atoms with Crippen LogP contribution >= 0.6 is 11.3 Å². The number of carbonyl (C=O) groups is 1. The lowest BCUT2D eigenvalue weighted by Crippen LogP contribution is -2.47. The summed E-state index contributed by atoms with van der Waals surface area (Å²) in [4.78, 5) is 27.2.